The van der Waals surface area contributed by atoms with Crippen LogP contribution in [0.3, 0.4) is 0 Å². The molecule has 0 aromatic rings. The third kappa shape index (κ3) is 2.76. The molecule has 0 aromatic carbocycles. The van der Waals surface area contributed by atoms with Crippen LogP contribution >= 0.6 is 0 Å². The Hall–Kier alpha value is -1.80. The van der Waals surface area contributed by atoms with E-state index in [1.165, 1.54) is 6.92 Å². The van der Waals surface area contributed by atoms with Crippen molar-refractivity contribution in [3.8, 4) is 0 Å². The smallest absolute Gasteiger partial charge is 0.334 e. The van der Waals surface area contributed by atoms with Crippen molar-refractivity contribution < 1.29 is 34.8 Å². The standard InChI is InChI=1S/C28H38O7/c1-15-13-22(35-23(31)16(15)2)26(5,32)27(33)14-21(30)28(34)19-10-9-17-7-6-8-20(29)25(17,4)18(19)11-12-24(27,28)3/h6,8-9,18-19,21-22,30,32-34H,7,10-14H2,1-5H3/t18-,19+,21-,22-,24+,25-,26-,27-,28-/m0/s1. The van der Waals surface area contributed by atoms with Gasteiger partial charge in [-0.1, -0.05) is 30.2 Å². The summed E-state index contributed by atoms with van der Waals surface area (Å²) in [6.45, 7) is 8.60. The van der Waals surface area contributed by atoms with Gasteiger partial charge in [0.05, 0.1) is 11.5 Å². The molecule has 2 fully saturated rings. The number of aliphatic hydroxyl groups excluding tert-OH is 1. The van der Waals surface area contributed by atoms with Gasteiger partial charge in [0.25, 0.3) is 0 Å². The molecule has 0 amide bonds. The Morgan fingerprint density at radius 2 is 1.83 bits per heavy atom. The van der Waals surface area contributed by atoms with Crippen molar-refractivity contribution >= 4 is 11.8 Å². The summed E-state index contributed by atoms with van der Waals surface area (Å²) in [5.41, 5.74) is -5.33. The number of hydrogen-bond acceptors (Lipinski definition) is 7. The summed E-state index contributed by atoms with van der Waals surface area (Å²) in [6.07, 6.45) is 5.24. The van der Waals surface area contributed by atoms with Gasteiger partial charge in [0.15, 0.2) is 5.78 Å². The van der Waals surface area contributed by atoms with Crippen molar-refractivity contribution in [3.05, 3.63) is 34.9 Å². The molecule has 7 heteroatoms. The average Bonchev–Trinajstić information content (AvgIpc) is 2.96. The van der Waals surface area contributed by atoms with E-state index in [0.29, 0.717) is 31.3 Å². The molecule has 5 rings (SSSR count). The topological polar surface area (TPSA) is 124 Å². The zero-order valence-electron chi connectivity index (χ0n) is 21.3. The Balaban J connectivity index is 1.57. The van der Waals surface area contributed by atoms with Gasteiger partial charge in [-0.15, -0.1) is 0 Å². The van der Waals surface area contributed by atoms with E-state index < -0.39 is 51.7 Å². The quantitative estimate of drug-likeness (QED) is 0.349. The lowest BCUT2D eigenvalue weighted by Crippen LogP contribution is -2.72. The van der Waals surface area contributed by atoms with Crippen LogP contribution in [0, 0.1) is 22.7 Å². The maximum Gasteiger partial charge on any atom is 0.334 e. The van der Waals surface area contributed by atoms with Gasteiger partial charge >= 0.3 is 5.97 Å². The molecule has 192 valence electrons. The number of aliphatic hydroxyl groups is 4. The molecule has 7 nitrogen and oxygen atoms in total. The highest BCUT2D eigenvalue weighted by atomic mass is 16.6. The molecule has 0 bridgehead atoms. The fourth-order valence-corrected chi connectivity index (χ4v) is 8.44. The van der Waals surface area contributed by atoms with Crippen molar-refractivity contribution in [1.29, 1.82) is 0 Å². The maximum atomic E-state index is 13.1. The second kappa shape index (κ2) is 7.37. The average molecular weight is 487 g/mol. The number of carbonyl (C=O) groups excluding carboxylic acids is 2. The summed E-state index contributed by atoms with van der Waals surface area (Å²) in [5.74, 6) is -1.19. The summed E-state index contributed by atoms with van der Waals surface area (Å²) < 4.78 is 5.58. The van der Waals surface area contributed by atoms with Crippen LogP contribution in [-0.4, -0.2) is 61.2 Å². The van der Waals surface area contributed by atoms with Crippen LogP contribution in [-0.2, 0) is 14.3 Å². The highest BCUT2D eigenvalue weighted by Gasteiger charge is 2.79. The lowest BCUT2D eigenvalue weighted by atomic mass is 9.44. The highest BCUT2D eigenvalue weighted by Crippen LogP contribution is 2.70. The van der Waals surface area contributed by atoms with Crippen LogP contribution < -0.4 is 0 Å². The lowest BCUT2D eigenvalue weighted by Gasteiger charge is -2.63. The minimum atomic E-state index is -1.93. The second-order valence-corrected chi connectivity index (χ2v) is 12.3. The Labute approximate surface area is 206 Å². The number of cyclic esters (lactones) is 1. The van der Waals surface area contributed by atoms with Gasteiger partial charge in [-0.05, 0) is 71.3 Å². The second-order valence-electron chi connectivity index (χ2n) is 12.3. The van der Waals surface area contributed by atoms with E-state index in [4.69, 9.17) is 4.74 Å². The van der Waals surface area contributed by atoms with E-state index in [1.807, 2.05) is 19.1 Å². The predicted molar refractivity (Wildman–Crippen MR) is 128 cm³/mol. The Kier molecular flexibility index (Phi) is 5.24. The van der Waals surface area contributed by atoms with Crippen molar-refractivity contribution in [1.82, 2.24) is 0 Å². The molecule has 0 saturated heterocycles. The molecule has 0 unspecified atom stereocenters. The summed E-state index contributed by atoms with van der Waals surface area (Å²) in [6, 6.07) is 0. The largest absolute Gasteiger partial charge is 0.455 e. The van der Waals surface area contributed by atoms with E-state index >= 15 is 0 Å². The summed E-state index contributed by atoms with van der Waals surface area (Å²) in [5, 5.41) is 47.9. The van der Waals surface area contributed by atoms with Gasteiger partial charge in [0.2, 0.25) is 0 Å². The first kappa shape index (κ1) is 24.9. The SMILES string of the molecule is CC1=C(C)C(=O)O[C@H]([C@](C)(O)[C@]2(O)C[C@H](O)[C@@]3(O)[C@@H]4CC=C5CC=CC(=O)[C@]5(C)[C@H]4CC[C@@]32C)C1. The molecule has 1 aliphatic heterocycles. The van der Waals surface area contributed by atoms with Gasteiger partial charge in [0.1, 0.15) is 22.9 Å². The fourth-order valence-electron chi connectivity index (χ4n) is 8.44. The van der Waals surface area contributed by atoms with Gasteiger partial charge in [0, 0.05) is 23.8 Å². The van der Waals surface area contributed by atoms with Crippen molar-refractivity contribution in [2.75, 3.05) is 0 Å². The lowest BCUT2D eigenvalue weighted by molar-refractivity contribution is -0.283. The first-order valence-corrected chi connectivity index (χ1v) is 12.8. The number of rotatable bonds is 2. The molecule has 4 aliphatic carbocycles. The third-order valence-corrected chi connectivity index (χ3v) is 11.1. The van der Waals surface area contributed by atoms with E-state index in [-0.39, 0.29) is 24.5 Å². The predicted octanol–water partition coefficient (Wildman–Crippen LogP) is 2.51. The minimum absolute atomic E-state index is 0.0124. The monoisotopic (exact) mass is 486 g/mol. The van der Waals surface area contributed by atoms with Crippen LogP contribution in [0.2, 0.25) is 0 Å². The van der Waals surface area contributed by atoms with Crippen LogP contribution in [0.25, 0.3) is 0 Å². The number of ketones is 1. The van der Waals surface area contributed by atoms with Crippen LogP contribution in [0.1, 0.15) is 73.1 Å². The maximum absolute atomic E-state index is 13.1. The summed E-state index contributed by atoms with van der Waals surface area (Å²) >= 11 is 0. The molecular weight excluding hydrogens is 448 g/mol. The van der Waals surface area contributed by atoms with Gasteiger partial charge in [-0.25, -0.2) is 4.79 Å². The number of hydrogen-bond donors (Lipinski definition) is 4. The summed E-state index contributed by atoms with van der Waals surface area (Å²) in [4.78, 5) is 25.6. The number of allylic oxidation sites excluding steroid dienone is 4. The Bertz CT molecular complexity index is 1080. The number of esters is 1. The van der Waals surface area contributed by atoms with E-state index in [1.54, 1.807) is 26.8 Å². The van der Waals surface area contributed by atoms with E-state index in [2.05, 4.69) is 0 Å². The van der Waals surface area contributed by atoms with Crippen molar-refractivity contribution in [2.45, 2.75) is 102 Å². The van der Waals surface area contributed by atoms with E-state index in [0.717, 1.165) is 11.1 Å². The molecule has 35 heavy (non-hydrogen) atoms. The Morgan fingerprint density at radius 3 is 2.49 bits per heavy atom. The Morgan fingerprint density at radius 1 is 1.14 bits per heavy atom. The minimum Gasteiger partial charge on any atom is -0.455 e. The normalized spacial score (nSPS) is 49.0. The van der Waals surface area contributed by atoms with Gasteiger partial charge in [-0.3, -0.25) is 4.79 Å². The molecule has 0 aromatic heterocycles. The molecular formula is C28H38O7. The zero-order valence-corrected chi connectivity index (χ0v) is 21.3. The molecule has 2 saturated carbocycles. The molecule has 0 radical (unpaired) electrons. The molecule has 4 N–H and O–H groups in total. The number of carbonyl (C=O) groups is 2. The number of ether oxygens (including phenoxy) is 1. The van der Waals surface area contributed by atoms with E-state index in [9.17, 15) is 30.0 Å². The number of fused-ring (bicyclic) bond motifs is 5. The third-order valence-electron chi connectivity index (χ3n) is 11.1. The zero-order chi connectivity index (χ0) is 25.8. The first-order chi connectivity index (χ1) is 16.2. The fraction of sp³-hybridized carbons (Fsp3) is 0.714. The molecule has 1 heterocycles. The first-order valence-electron chi connectivity index (χ1n) is 12.8. The van der Waals surface area contributed by atoms with Crippen LogP contribution in [0.4, 0.5) is 0 Å². The highest BCUT2D eigenvalue weighted by molar-refractivity contribution is 5.98. The molecule has 0 spiro atoms. The summed E-state index contributed by atoms with van der Waals surface area (Å²) in [7, 11) is 0. The van der Waals surface area contributed by atoms with Gasteiger partial charge in [-0.2, -0.15) is 0 Å². The molecule has 5 aliphatic rings. The van der Waals surface area contributed by atoms with Crippen LogP contribution in [0.5, 0.6) is 0 Å². The van der Waals surface area contributed by atoms with Crippen molar-refractivity contribution in [2.24, 2.45) is 22.7 Å². The van der Waals surface area contributed by atoms with Crippen molar-refractivity contribution in [3.63, 3.8) is 0 Å². The van der Waals surface area contributed by atoms with Gasteiger partial charge < -0.3 is 25.2 Å². The molecule has 9 atom stereocenters. The van der Waals surface area contributed by atoms with Crippen LogP contribution in [0.15, 0.2) is 34.9 Å².